The largest absolute Gasteiger partial charge is 0.377 e. The molecule has 1 heterocycles. The monoisotopic (exact) mass is 287 g/mol. The van der Waals surface area contributed by atoms with Crippen molar-refractivity contribution >= 4 is 15.9 Å². The normalized spacial score (nSPS) is 28.0. The molecule has 19 heavy (non-hydrogen) atoms. The van der Waals surface area contributed by atoms with E-state index in [1.165, 1.54) is 0 Å². The van der Waals surface area contributed by atoms with Crippen LogP contribution in [0.15, 0.2) is 12.2 Å². The second-order valence-electron chi connectivity index (χ2n) is 5.22. The number of hydrogen-bond acceptors (Lipinski definition) is 4. The second-order valence-corrected chi connectivity index (χ2v) is 6.98. The summed E-state index contributed by atoms with van der Waals surface area (Å²) < 4.78 is 31.4. The van der Waals surface area contributed by atoms with Gasteiger partial charge < -0.3 is 4.74 Å². The van der Waals surface area contributed by atoms with E-state index >= 15 is 0 Å². The zero-order valence-corrected chi connectivity index (χ0v) is 11.8. The molecule has 0 spiro atoms. The van der Waals surface area contributed by atoms with Crippen molar-refractivity contribution in [1.82, 2.24) is 4.72 Å². The summed E-state index contributed by atoms with van der Waals surface area (Å²) in [7, 11) is -3.58. The molecule has 2 atom stereocenters. The third-order valence-electron chi connectivity index (χ3n) is 3.58. The van der Waals surface area contributed by atoms with Gasteiger partial charge >= 0.3 is 0 Å². The summed E-state index contributed by atoms with van der Waals surface area (Å²) in [4.78, 5) is 11.9. The topological polar surface area (TPSA) is 72.5 Å². The Bertz CT molecular complexity index is 438. The smallest absolute Gasteiger partial charge is 0.237 e. The van der Waals surface area contributed by atoms with Crippen molar-refractivity contribution < 1.29 is 17.9 Å². The molecule has 2 rings (SSSR count). The molecule has 1 amide bonds. The molecule has 6 heteroatoms. The molecule has 0 aromatic heterocycles. The van der Waals surface area contributed by atoms with Gasteiger partial charge in [0, 0.05) is 12.5 Å². The van der Waals surface area contributed by atoms with Crippen LogP contribution < -0.4 is 4.72 Å². The van der Waals surface area contributed by atoms with Gasteiger partial charge in [-0.15, -0.1) is 0 Å². The minimum absolute atomic E-state index is 0.110. The number of nitrogens with one attached hydrogen (secondary N) is 1. The maximum absolute atomic E-state index is 11.9. The Labute approximate surface area is 114 Å². The number of ether oxygens (including phenoxy) is 1. The first-order chi connectivity index (χ1) is 9.07. The van der Waals surface area contributed by atoms with Gasteiger partial charge in [-0.1, -0.05) is 12.2 Å². The van der Waals surface area contributed by atoms with Crippen molar-refractivity contribution in [3.05, 3.63) is 12.2 Å². The fourth-order valence-electron chi connectivity index (χ4n) is 2.49. The molecule has 0 aromatic rings. The van der Waals surface area contributed by atoms with Crippen LogP contribution in [0.3, 0.4) is 0 Å². The van der Waals surface area contributed by atoms with Gasteiger partial charge in [-0.3, -0.25) is 9.52 Å². The van der Waals surface area contributed by atoms with Crippen molar-refractivity contribution in [3.8, 4) is 0 Å². The summed E-state index contributed by atoms with van der Waals surface area (Å²) in [6.07, 6.45) is 8.59. The molecule has 2 aliphatic rings. The van der Waals surface area contributed by atoms with Crippen LogP contribution in [-0.4, -0.2) is 32.8 Å². The maximum Gasteiger partial charge on any atom is 0.237 e. The lowest BCUT2D eigenvalue weighted by atomic mass is 9.94. The highest BCUT2D eigenvalue weighted by Crippen LogP contribution is 2.19. The van der Waals surface area contributed by atoms with Crippen molar-refractivity contribution in [1.29, 1.82) is 0 Å². The minimum atomic E-state index is -3.58. The van der Waals surface area contributed by atoms with Crippen molar-refractivity contribution in [2.75, 3.05) is 12.4 Å². The first-order valence-electron chi connectivity index (χ1n) is 6.88. The first kappa shape index (κ1) is 14.5. The van der Waals surface area contributed by atoms with Gasteiger partial charge in [0.05, 0.1) is 11.9 Å². The lowest BCUT2D eigenvalue weighted by Crippen LogP contribution is -2.41. The molecule has 5 nitrogen and oxygen atoms in total. The quantitative estimate of drug-likeness (QED) is 0.792. The third kappa shape index (κ3) is 4.62. The average Bonchev–Trinajstić information content (AvgIpc) is 2.39. The van der Waals surface area contributed by atoms with Crippen LogP contribution in [0.2, 0.25) is 0 Å². The third-order valence-corrected chi connectivity index (χ3v) is 4.90. The Kier molecular flexibility index (Phi) is 4.99. The van der Waals surface area contributed by atoms with E-state index in [1.54, 1.807) is 0 Å². The predicted octanol–water partition coefficient (Wildman–Crippen LogP) is 1.36. The highest BCUT2D eigenvalue weighted by atomic mass is 32.2. The molecule has 1 aliphatic heterocycles. The van der Waals surface area contributed by atoms with E-state index in [4.69, 9.17) is 4.74 Å². The fourth-order valence-corrected chi connectivity index (χ4v) is 3.80. The fraction of sp³-hybridized carbons (Fsp3) is 0.769. The van der Waals surface area contributed by atoms with E-state index < -0.39 is 10.0 Å². The van der Waals surface area contributed by atoms with Crippen LogP contribution in [0.5, 0.6) is 0 Å². The molecule has 1 N–H and O–H groups in total. The summed E-state index contributed by atoms with van der Waals surface area (Å²) in [6.45, 7) is 0.613. The number of amides is 1. The summed E-state index contributed by atoms with van der Waals surface area (Å²) in [5, 5.41) is 0. The Morgan fingerprint density at radius 3 is 2.74 bits per heavy atom. The van der Waals surface area contributed by atoms with Gasteiger partial charge in [0.25, 0.3) is 0 Å². The molecule has 0 bridgehead atoms. The molecule has 1 fully saturated rings. The molecule has 0 radical (unpaired) electrons. The van der Waals surface area contributed by atoms with Gasteiger partial charge in [0.1, 0.15) is 0 Å². The van der Waals surface area contributed by atoms with Crippen LogP contribution in [-0.2, 0) is 19.6 Å². The molecule has 1 aliphatic carbocycles. The Morgan fingerprint density at radius 2 is 2.11 bits per heavy atom. The van der Waals surface area contributed by atoms with Crippen LogP contribution >= 0.6 is 0 Å². The van der Waals surface area contributed by atoms with Gasteiger partial charge in [-0.05, 0) is 38.5 Å². The first-order valence-corrected chi connectivity index (χ1v) is 8.53. The van der Waals surface area contributed by atoms with Gasteiger partial charge in [0.15, 0.2) is 0 Å². The minimum Gasteiger partial charge on any atom is -0.377 e. The van der Waals surface area contributed by atoms with Gasteiger partial charge in [-0.2, -0.15) is 0 Å². The van der Waals surface area contributed by atoms with Crippen LogP contribution in [0, 0.1) is 5.92 Å². The van der Waals surface area contributed by atoms with Crippen molar-refractivity contribution in [2.45, 2.75) is 44.6 Å². The lowest BCUT2D eigenvalue weighted by molar-refractivity contribution is -0.123. The van der Waals surface area contributed by atoms with Crippen molar-refractivity contribution in [3.63, 3.8) is 0 Å². The molecule has 0 unspecified atom stereocenters. The molecule has 108 valence electrons. The van der Waals surface area contributed by atoms with Gasteiger partial charge in [0.2, 0.25) is 15.9 Å². The Balaban J connectivity index is 1.85. The molecular weight excluding hydrogens is 266 g/mol. The van der Waals surface area contributed by atoms with Crippen LogP contribution in [0.4, 0.5) is 0 Å². The van der Waals surface area contributed by atoms with Crippen LogP contribution in [0.25, 0.3) is 0 Å². The maximum atomic E-state index is 11.9. The second kappa shape index (κ2) is 6.52. The summed E-state index contributed by atoms with van der Waals surface area (Å²) in [5.74, 6) is -0.700. The highest BCUT2D eigenvalue weighted by molar-refractivity contribution is 7.90. The Hall–Kier alpha value is -0.880. The number of sulfonamides is 1. The predicted molar refractivity (Wildman–Crippen MR) is 72.0 cm³/mol. The summed E-state index contributed by atoms with van der Waals surface area (Å²) >= 11 is 0. The standard InChI is InChI=1S/C13H21NO4S/c15-13(11-6-2-1-3-7-11)14-19(16,17)10-12-8-4-5-9-18-12/h1-2,11-12H,3-10H2,(H,14,15)/t11-,12+/m0/s1. The molecule has 0 saturated carbocycles. The van der Waals surface area contributed by atoms with E-state index in [0.29, 0.717) is 13.0 Å². The van der Waals surface area contributed by atoms with E-state index in [0.717, 1.165) is 32.1 Å². The number of allylic oxidation sites excluding steroid dienone is 2. The van der Waals surface area contributed by atoms with Crippen LogP contribution in [0.1, 0.15) is 38.5 Å². The molecule has 1 saturated heterocycles. The van der Waals surface area contributed by atoms with Crippen molar-refractivity contribution in [2.24, 2.45) is 5.92 Å². The molecular formula is C13H21NO4S. The highest BCUT2D eigenvalue weighted by Gasteiger charge is 2.27. The summed E-state index contributed by atoms with van der Waals surface area (Å²) in [5.41, 5.74) is 0. The average molecular weight is 287 g/mol. The molecule has 0 aromatic carbocycles. The lowest BCUT2D eigenvalue weighted by Gasteiger charge is -2.23. The summed E-state index contributed by atoms with van der Waals surface area (Å²) in [6, 6.07) is 0. The van der Waals surface area contributed by atoms with E-state index in [1.807, 2.05) is 12.2 Å². The Morgan fingerprint density at radius 1 is 1.26 bits per heavy atom. The van der Waals surface area contributed by atoms with Gasteiger partial charge in [-0.25, -0.2) is 8.42 Å². The SMILES string of the molecule is O=C(NS(=O)(=O)C[C@H]1CCCCO1)[C@H]1CC=CCC1. The zero-order valence-electron chi connectivity index (χ0n) is 11.0. The number of hydrogen-bond donors (Lipinski definition) is 1. The van der Waals surface area contributed by atoms with E-state index in [-0.39, 0.29) is 23.7 Å². The number of rotatable bonds is 4. The number of carbonyl (C=O) groups is 1. The van der Waals surface area contributed by atoms with E-state index in [9.17, 15) is 13.2 Å². The zero-order chi connectivity index (χ0) is 13.7. The number of carbonyl (C=O) groups excluding carboxylic acids is 1. The van der Waals surface area contributed by atoms with E-state index in [2.05, 4.69) is 4.72 Å².